The van der Waals surface area contributed by atoms with Crippen LogP contribution in [0.3, 0.4) is 0 Å². The highest BCUT2D eigenvalue weighted by Gasteiger charge is 2.19. The molecule has 3 nitrogen and oxygen atoms in total. The number of nitrogens with one attached hydrogen (secondary N) is 1. The van der Waals surface area contributed by atoms with Gasteiger partial charge in [0.05, 0.1) is 0 Å². The third-order valence-corrected chi connectivity index (χ3v) is 4.35. The van der Waals surface area contributed by atoms with Crippen LogP contribution in [0, 0.1) is 0 Å². The quantitative estimate of drug-likeness (QED) is 0.911. The van der Waals surface area contributed by atoms with Crippen molar-refractivity contribution < 1.29 is 0 Å². The lowest BCUT2D eigenvalue weighted by atomic mass is 10.1. The maximum Gasteiger partial charge on any atom is 0.0480 e. The van der Waals surface area contributed by atoms with Crippen LogP contribution in [0.5, 0.6) is 0 Å². The molecule has 1 unspecified atom stereocenters. The Labute approximate surface area is 115 Å². The minimum absolute atomic E-state index is 0.656. The van der Waals surface area contributed by atoms with E-state index in [-0.39, 0.29) is 0 Å². The average Bonchev–Trinajstić information content (AvgIpc) is 2.76. The molecule has 2 heterocycles. The standard InChI is InChI=1S/C16H23N3/c1-17-14-7-5-9-19(11-14)12-15-10-13-6-3-4-8-16(13)18(15)2/h3-4,6,8,10,14,17H,5,7,9,11-12H2,1-2H3. The van der Waals surface area contributed by atoms with Gasteiger partial charge in [-0.15, -0.1) is 0 Å². The summed E-state index contributed by atoms with van der Waals surface area (Å²) in [6.07, 6.45) is 2.61. The van der Waals surface area contributed by atoms with E-state index in [0.29, 0.717) is 6.04 Å². The van der Waals surface area contributed by atoms with Crippen LogP contribution in [0.15, 0.2) is 30.3 Å². The minimum atomic E-state index is 0.656. The fraction of sp³-hybridized carbons (Fsp3) is 0.500. The molecule has 2 aromatic rings. The molecule has 1 N–H and O–H groups in total. The van der Waals surface area contributed by atoms with Crippen LogP contribution in [0.1, 0.15) is 18.5 Å². The summed E-state index contributed by atoms with van der Waals surface area (Å²) in [7, 11) is 4.25. The van der Waals surface area contributed by atoms with Gasteiger partial charge in [-0.1, -0.05) is 18.2 Å². The molecule has 1 atom stereocenters. The first kappa shape index (κ1) is 12.7. The summed E-state index contributed by atoms with van der Waals surface area (Å²) in [6.45, 7) is 3.45. The maximum absolute atomic E-state index is 3.41. The van der Waals surface area contributed by atoms with Crippen LogP contribution in [-0.4, -0.2) is 35.6 Å². The Bertz CT molecular complexity index is 558. The zero-order valence-electron chi connectivity index (χ0n) is 11.9. The summed E-state index contributed by atoms with van der Waals surface area (Å²) < 4.78 is 2.33. The van der Waals surface area contributed by atoms with Crippen LogP contribution in [0.4, 0.5) is 0 Å². The third kappa shape index (κ3) is 2.53. The Morgan fingerprint density at radius 3 is 2.95 bits per heavy atom. The van der Waals surface area contributed by atoms with E-state index in [1.165, 1.54) is 36.0 Å². The predicted octanol–water partition coefficient (Wildman–Crippen LogP) is 2.36. The Morgan fingerprint density at radius 2 is 2.16 bits per heavy atom. The van der Waals surface area contributed by atoms with Crippen molar-refractivity contribution in [2.75, 3.05) is 20.1 Å². The number of hydrogen-bond donors (Lipinski definition) is 1. The number of piperidine rings is 1. The summed E-state index contributed by atoms with van der Waals surface area (Å²) in [6, 6.07) is 11.6. The molecule has 1 aliphatic heterocycles. The zero-order valence-corrected chi connectivity index (χ0v) is 11.9. The number of hydrogen-bond acceptors (Lipinski definition) is 2. The van der Waals surface area contributed by atoms with Crippen LogP contribution in [0.25, 0.3) is 10.9 Å². The van der Waals surface area contributed by atoms with E-state index in [9.17, 15) is 0 Å². The topological polar surface area (TPSA) is 20.2 Å². The van der Waals surface area contributed by atoms with E-state index in [1.807, 2.05) is 0 Å². The van der Waals surface area contributed by atoms with E-state index in [1.54, 1.807) is 0 Å². The first-order valence-corrected chi connectivity index (χ1v) is 7.21. The van der Waals surface area contributed by atoms with Gasteiger partial charge in [-0.25, -0.2) is 0 Å². The van der Waals surface area contributed by atoms with Gasteiger partial charge in [0, 0.05) is 37.4 Å². The molecular formula is C16H23N3. The molecule has 1 aromatic carbocycles. The largest absolute Gasteiger partial charge is 0.346 e. The van der Waals surface area contributed by atoms with Crippen molar-refractivity contribution >= 4 is 10.9 Å². The molecule has 0 saturated carbocycles. The summed E-state index contributed by atoms with van der Waals surface area (Å²) >= 11 is 0. The Kier molecular flexibility index (Phi) is 3.58. The SMILES string of the molecule is CNC1CCCN(Cc2cc3ccccc3n2C)C1. The predicted molar refractivity (Wildman–Crippen MR) is 80.3 cm³/mol. The lowest BCUT2D eigenvalue weighted by molar-refractivity contribution is 0.185. The number of aromatic nitrogens is 1. The summed E-state index contributed by atoms with van der Waals surface area (Å²) in [4.78, 5) is 2.57. The van der Waals surface area contributed by atoms with E-state index >= 15 is 0 Å². The highest BCUT2D eigenvalue weighted by atomic mass is 15.2. The van der Waals surface area contributed by atoms with E-state index in [0.717, 1.165) is 13.1 Å². The van der Waals surface area contributed by atoms with Crippen molar-refractivity contribution in [1.82, 2.24) is 14.8 Å². The van der Waals surface area contributed by atoms with E-state index in [4.69, 9.17) is 0 Å². The van der Waals surface area contributed by atoms with Crippen LogP contribution in [0.2, 0.25) is 0 Å². The number of likely N-dealkylation sites (N-methyl/N-ethyl adjacent to an activating group) is 1. The first-order chi connectivity index (χ1) is 9.28. The van der Waals surface area contributed by atoms with Crippen molar-refractivity contribution in [3.63, 3.8) is 0 Å². The maximum atomic E-state index is 3.41. The molecule has 1 fully saturated rings. The molecule has 1 aliphatic rings. The summed E-state index contributed by atoms with van der Waals surface area (Å²) in [5.74, 6) is 0. The van der Waals surface area contributed by atoms with E-state index < -0.39 is 0 Å². The summed E-state index contributed by atoms with van der Waals surface area (Å²) in [5, 5.41) is 4.76. The number of nitrogens with zero attached hydrogens (tertiary/aromatic N) is 2. The molecule has 1 saturated heterocycles. The lowest BCUT2D eigenvalue weighted by Gasteiger charge is -2.32. The smallest absolute Gasteiger partial charge is 0.0480 e. The highest BCUT2D eigenvalue weighted by molar-refractivity contribution is 5.81. The van der Waals surface area contributed by atoms with Gasteiger partial charge in [-0.3, -0.25) is 4.90 Å². The number of likely N-dealkylation sites (tertiary alicyclic amines) is 1. The number of para-hydroxylation sites is 1. The Morgan fingerprint density at radius 1 is 1.32 bits per heavy atom. The van der Waals surface area contributed by atoms with Gasteiger partial charge >= 0.3 is 0 Å². The second-order valence-electron chi connectivity index (χ2n) is 5.62. The molecule has 0 amide bonds. The van der Waals surface area contributed by atoms with Gasteiger partial charge in [0.15, 0.2) is 0 Å². The molecule has 3 heteroatoms. The molecule has 0 radical (unpaired) electrons. The average molecular weight is 257 g/mol. The van der Waals surface area contributed by atoms with Crippen molar-refractivity contribution in [2.45, 2.75) is 25.4 Å². The molecule has 0 aliphatic carbocycles. The number of rotatable bonds is 3. The second-order valence-corrected chi connectivity index (χ2v) is 5.62. The van der Waals surface area contributed by atoms with Gasteiger partial charge in [0.25, 0.3) is 0 Å². The normalized spacial score (nSPS) is 21.1. The van der Waals surface area contributed by atoms with Gasteiger partial charge in [0.1, 0.15) is 0 Å². The van der Waals surface area contributed by atoms with Gasteiger partial charge in [-0.2, -0.15) is 0 Å². The molecule has 102 valence electrons. The number of aryl methyl sites for hydroxylation is 1. The molecule has 3 rings (SSSR count). The van der Waals surface area contributed by atoms with Crippen LogP contribution < -0.4 is 5.32 Å². The first-order valence-electron chi connectivity index (χ1n) is 7.21. The molecule has 0 bridgehead atoms. The highest BCUT2D eigenvalue weighted by Crippen LogP contribution is 2.21. The molecule has 0 spiro atoms. The molecule has 19 heavy (non-hydrogen) atoms. The Hall–Kier alpha value is -1.32. The molecule has 1 aromatic heterocycles. The van der Waals surface area contributed by atoms with Crippen molar-refractivity contribution in [1.29, 1.82) is 0 Å². The zero-order chi connectivity index (χ0) is 13.2. The van der Waals surface area contributed by atoms with Crippen LogP contribution >= 0.6 is 0 Å². The summed E-state index contributed by atoms with van der Waals surface area (Å²) in [5.41, 5.74) is 2.75. The fourth-order valence-electron chi connectivity index (χ4n) is 3.16. The fourth-order valence-corrected chi connectivity index (χ4v) is 3.16. The van der Waals surface area contributed by atoms with Crippen molar-refractivity contribution in [3.8, 4) is 0 Å². The van der Waals surface area contributed by atoms with E-state index in [2.05, 4.69) is 59.2 Å². The number of benzene rings is 1. The number of fused-ring (bicyclic) bond motifs is 1. The van der Waals surface area contributed by atoms with Gasteiger partial charge in [0.2, 0.25) is 0 Å². The van der Waals surface area contributed by atoms with Gasteiger partial charge in [-0.05, 0) is 44.0 Å². The minimum Gasteiger partial charge on any atom is -0.346 e. The van der Waals surface area contributed by atoms with Crippen LogP contribution in [-0.2, 0) is 13.6 Å². The van der Waals surface area contributed by atoms with Crippen molar-refractivity contribution in [2.24, 2.45) is 7.05 Å². The van der Waals surface area contributed by atoms with Crippen molar-refractivity contribution in [3.05, 3.63) is 36.0 Å². The lowest BCUT2D eigenvalue weighted by Crippen LogP contribution is -2.44. The third-order valence-electron chi connectivity index (χ3n) is 4.35. The molecular weight excluding hydrogens is 234 g/mol. The monoisotopic (exact) mass is 257 g/mol. The Balaban J connectivity index is 1.79. The second kappa shape index (κ2) is 5.35. The van der Waals surface area contributed by atoms with Gasteiger partial charge < -0.3 is 9.88 Å².